The van der Waals surface area contributed by atoms with Crippen molar-refractivity contribution in [3.05, 3.63) is 70.0 Å². The van der Waals surface area contributed by atoms with Crippen molar-refractivity contribution in [1.82, 2.24) is 20.0 Å². The smallest absolute Gasteiger partial charge is 0.279 e. The number of hydrogen-bond acceptors (Lipinski definition) is 5. The summed E-state index contributed by atoms with van der Waals surface area (Å²) in [4.78, 5) is 28.1. The summed E-state index contributed by atoms with van der Waals surface area (Å²) in [7, 11) is 3.36. The first kappa shape index (κ1) is 18.2. The van der Waals surface area contributed by atoms with Crippen LogP contribution >= 0.6 is 0 Å². The van der Waals surface area contributed by atoms with E-state index in [1.165, 1.54) is 0 Å². The van der Waals surface area contributed by atoms with Crippen LogP contribution in [0.25, 0.3) is 10.9 Å². The van der Waals surface area contributed by atoms with Crippen molar-refractivity contribution in [3.8, 4) is 5.75 Å². The lowest BCUT2D eigenvalue weighted by molar-refractivity contribution is 0.0622. The van der Waals surface area contributed by atoms with Crippen molar-refractivity contribution in [3.63, 3.8) is 0 Å². The Bertz CT molecular complexity index is 1090. The van der Waals surface area contributed by atoms with Crippen LogP contribution in [-0.4, -0.2) is 47.3 Å². The molecule has 4 rings (SSSR count). The van der Waals surface area contributed by atoms with Crippen LogP contribution in [0.3, 0.4) is 0 Å². The number of piperazine rings is 1. The minimum absolute atomic E-state index is 0.0528. The highest BCUT2D eigenvalue weighted by atomic mass is 16.5. The SMILES string of the molecule is COc1ccccc1C1CNCCN1C(=O)c1nn(C)c2ccccc2c1=O. The fraction of sp³-hybridized carbons (Fsp3) is 0.286. The van der Waals surface area contributed by atoms with Gasteiger partial charge in [-0.3, -0.25) is 14.3 Å². The molecule has 1 aromatic heterocycles. The van der Waals surface area contributed by atoms with E-state index in [0.29, 0.717) is 36.3 Å². The van der Waals surface area contributed by atoms with E-state index in [1.807, 2.05) is 36.4 Å². The molecule has 0 radical (unpaired) electrons. The fourth-order valence-corrected chi connectivity index (χ4v) is 3.77. The van der Waals surface area contributed by atoms with E-state index < -0.39 is 0 Å². The summed E-state index contributed by atoms with van der Waals surface area (Å²) in [5.74, 6) is 0.358. The summed E-state index contributed by atoms with van der Waals surface area (Å²) in [6, 6.07) is 14.6. The Morgan fingerprint density at radius 3 is 2.75 bits per heavy atom. The Labute approximate surface area is 162 Å². The molecule has 7 nitrogen and oxygen atoms in total. The lowest BCUT2D eigenvalue weighted by Gasteiger charge is -2.36. The number of carbonyl (C=O) groups is 1. The molecule has 2 aromatic carbocycles. The van der Waals surface area contributed by atoms with Crippen LogP contribution in [-0.2, 0) is 7.05 Å². The van der Waals surface area contributed by atoms with E-state index in [9.17, 15) is 9.59 Å². The molecule has 1 aliphatic heterocycles. The van der Waals surface area contributed by atoms with Crippen LogP contribution in [0.2, 0.25) is 0 Å². The van der Waals surface area contributed by atoms with Crippen LogP contribution in [0.15, 0.2) is 53.3 Å². The number of ether oxygens (including phenoxy) is 1. The van der Waals surface area contributed by atoms with E-state index in [2.05, 4.69) is 10.4 Å². The molecule has 1 unspecified atom stereocenters. The average Bonchev–Trinajstić information content (AvgIpc) is 2.75. The highest BCUT2D eigenvalue weighted by Crippen LogP contribution is 2.30. The molecule has 1 aliphatic rings. The van der Waals surface area contributed by atoms with Gasteiger partial charge >= 0.3 is 0 Å². The summed E-state index contributed by atoms with van der Waals surface area (Å²) in [6.45, 7) is 1.73. The van der Waals surface area contributed by atoms with Gasteiger partial charge in [0, 0.05) is 37.6 Å². The zero-order valence-electron chi connectivity index (χ0n) is 15.9. The highest BCUT2D eigenvalue weighted by Gasteiger charge is 2.32. The summed E-state index contributed by atoms with van der Waals surface area (Å²) < 4.78 is 7.07. The van der Waals surface area contributed by atoms with Crippen LogP contribution in [0, 0.1) is 0 Å². The van der Waals surface area contributed by atoms with Crippen molar-refractivity contribution in [1.29, 1.82) is 0 Å². The Morgan fingerprint density at radius 1 is 1.18 bits per heavy atom. The van der Waals surface area contributed by atoms with Gasteiger partial charge in [-0.05, 0) is 18.2 Å². The number of fused-ring (bicyclic) bond motifs is 1. The number of rotatable bonds is 3. The minimum atomic E-state index is -0.358. The minimum Gasteiger partial charge on any atom is -0.496 e. The second-order valence-electron chi connectivity index (χ2n) is 6.78. The molecule has 0 aliphatic carbocycles. The molecule has 2 heterocycles. The third-order valence-electron chi connectivity index (χ3n) is 5.17. The van der Waals surface area contributed by atoms with Crippen molar-refractivity contribution < 1.29 is 9.53 Å². The standard InChI is InChI=1S/C21H22N4O3/c1-24-16-9-5-3-8-15(16)20(26)19(23-24)21(27)25-12-11-22-13-17(25)14-7-4-6-10-18(14)28-2/h3-10,17,22H,11-13H2,1-2H3. The number of nitrogens with one attached hydrogen (secondary N) is 1. The third kappa shape index (κ3) is 3.03. The number of nitrogens with zero attached hydrogens (tertiary/aromatic N) is 3. The number of benzene rings is 2. The maximum atomic E-state index is 13.4. The summed E-state index contributed by atoms with van der Waals surface area (Å²) in [5.41, 5.74) is 1.22. The maximum absolute atomic E-state index is 13.4. The van der Waals surface area contributed by atoms with Crippen LogP contribution in [0.1, 0.15) is 22.1 Å². The third-order valence-corrected chi connectivity index (χ3v) is 5.17. The quantitative estimate of drug-likeness (QED) is 0.751. The monoisotopic (exact) mass is 378 g/mol. The summed E-state index contributed by atoms with van der Waals surface area (Å²) in [6.07, 6.45) is 0. The number of aryl methyl sites for hydroxylation is 1. The molecule has 0 saturated carbocycles. The summed E-state index contributed by atoms with van der Waals surface area (Å²) >= 11 is 0. The van der Waals surface area contributed by atoms with Gasteiger partial charge in [0.15, 0.2) is 5.69 Å². The second-order valence-corrected chi connectivity index (χ2v) is 6.78. The van der Waals surface area contributed by atoms with E-state index in [1.54, 1.807) is 35.9 Å². The zero-order chi connectivity index (χ0) is 19.7. The largest absolute Gasteiger partial charge is 0.496 e. The lowest BCUT2D eigenvalue weighted by atomic mass is 10.0. The Hall–Kier alpha value is -3.19. The van der Waals surface area contributed by atoms with Crippen molar-refractivity contribution in [2.45, 2.75) is 6.04 Å². The number of hydrogen-bond donors (Lipinski definition) is 1. The topological polar surface area (TPSA) is 76.5 Å². The first-order valence-electron chi connectivity index (χ1n) is 9.22. The number of methoxy groups -OCH3 is 1. The van der Waals surface area contributed by atoms with E-state index in [4.69, 9.17) is 4.74 Å². The normalized spacial score (nSPS) is 16.9. The zero-order valence-corrected chi connectivity index (χ0v) is 15.9. The van der Waals surface area contributed by atoms with Gasteiger partial charge in [0.25, 0.3) is 5.91 Å². The van der Waals surface area contributed by atoms with Crippen molar-refractivity contribution in [2.75, 3.05) is 26.7 Å². The number of aromatic nitrogens is 2. The van der Waals surface area contributed by atoms with Crippen LogP contribution in [0.4, 0.5) is 0 Å². The lowest BCUT2D eigenvalue weighted by Crippen LogP contribution is -2.50. The van der Waals surface area contributed by atoms with Gasteiger partial charge < -0.3 is 15.0 Å². The molecule has 144 valence electrons. The predicted molar refractivity (Wildman–Crippen MR) is 107 cm³/mol. The van der Waals surface area contributed by atoms with Gasteiger partial charge in [0.05, 0.1) is 18.7 Å². The molecule has 1 amide bonds. The predicted octanol–water partition coefficient (Wildman–Crippen LogP) is 1.73. The average molecular weight is 378 g/mol. The molecule has 0 spiro atoms. The second kappa shape index (κ2) is 7.44. The Morgan fingerprint density at radius 2 is 1.93 bits per heavy atom. The maximum Gasteiger partial charge on any atom is 0.279 e. The number of amides is 1. The first-order chi connectivity index (χ1) is 13.6. The number of para-hydroxylation sites is 2. The van der Waals surface area contributed by atoms with Gasteiger partial charge in [0.2, 0.25) is 5.43 Å². The van der Waals surface area contributed by atoms with Gasteiger partial charge in [0.1, 0.15) is 5.75 Å². The van der Waals surface area contributed by atoms with Gasteiger partial charge in [-0.15, -0.1) is 0 Å². The van der Waals surface area contributed by atoms with Gasteiger partial charge in [-0.25, -0.2) is 0 Å². The fourth-order valence-electron chi connectivity index (χ4n) is 3.77. The Balaban J connectivity index is 1.79. The molecule has 1 saturated heterocycles. The molecule has 28 heavy (non-hydrogen) atoms. The molecular weight excluding hydrogens is 356 g/mol. The molecule has 1 fully saturated rings. The number of carbonyl (C=O) groups excluding carboxylic acids is 1. The summed E-state index contributed by atoms with van der Waals surface area (Å²) in [5, 5.41) is 8.12. The van der Waals surface area contributed by atoms with Crippen LogP contribution < -0.4 is 15.5 Å². The molecule has 1 atom stereocenters. The molecule has 0 bridgehead atoms. The van der Waals surface area contributed by atoms with Gasteiger partial charge in [-0.2, -0.15) is 5.10 Å². The molecule has 7 heteroatoms. The molecule has 3 aromatic rings. The van der Waals surface area contributed by atoms with E-state index in [0.717, 1.165) is 5.56 Å². The van der Waals surface area contributed by atoms with E-state index in [-0.39, 0.29) is 23.1 Å². The van der Waals surface area contributed by atoms with E-state index >= 15 is 0 Å². The van der Waals surface area contributed by atoms with Crippen molar-refractivity contribution >= 4 is 16.8 Å². The Kier molecular flexibility index (Phi) is 4.83. The molecular formula is C21H22N4O3. The van der Waals surface area contributed by atoms with Crippen molar-refractivity contribution in [2.24, 2.45) is 7.05 Å². The first-order valence-corrected chi connectivity index (χ1v) is 9.22. The highest BCUT2D eigenvalue weighted by molar-refractivity contribution is 5.95. The molecule has 1 N–H and O–H groups in total. The van der Waals surface area contributed by atoms with Gasteiger partial charge in [-0.1, -0.05) is 30.3 Å². The van der Waals surface area contributed by atoms with Crippen LogP contribution in [0.5, 0.6) is 5.75 Å².